The molecule has 16 heteroatoms. The Bertz CT molecular complexity index is 1460. The van der Waals surface area contributed by atoms with Crippen LogP contribution in [0.1, 0.15) is 69.4 Å². The summed E-state index contributed by atoms with van der Waals surface area (Å²) in [6.07, 6.45) is -3.35. The van der Waals surface area contributed by atoms with Crippen LogP contribution in [0.2, 0.25) is 5.02 Å². The summed E-state index contributed by atoms with van der Waals surface area (Å²) in [4.78, 5) is 13.2. The highest BCUT2D eigenvalue weighted by Gasteiger charge is 2.47. The second kappa shape index (κ2) is 12.7. The largest absolute Gasteiger partial charge is 0.434 e. The molecular formula is C28H37ClF5N3O6S. The first-order valence-electron chi connectivity index (χ1n) is 13.8. The number of benzene rings is 1. The molecule has 1 fully saturated rings. The molecule has 0 saturated heterocycles. The summed E-state index contributed by atoms with van der Waals surface area (Å²) in [6, 6.07) is 3.56. The Morgan fingerprint density at radius 1 is 1.20 bits per heavy atom. The minimum Gasteiger partial charge on any atom is -0.434 e. The summed E-state index contributed by atoms with van der Waals surface area (Å²) in [5.41, 5.74) is -5.55. The van der Waals surface area contributed by atoms with Gasteiger partial charge in [-0.25, -0.2) is 8.42 Å². The van der Waals surface area contributed by atoms with E-state index < -0.39 is 62.6 Å². The molecule has 1 aliphatic carbocycles. The molecule has 1 aromatic carbocycles. The van der Waals surface area contributed by atoms with E-state index in [1.165, 1.54) is 26.0 Å². The summed E-state index contributed by atoms with van der Waals surface area (Å²) in [7, 11) is -3.29. The molecule has 0 spiro atoms. The minimum absolute atomic E-state index is 0.0493. The van der Waals surface area contributed by atoms with Crippen molar-refractivity contribution in [3.05, 3.63) is 34.5 Å². The van der Waals surface area contributed by atoms with Gasteiger partial charge in [-0.15, -0.1) is 0 Å². The van der Waals surface area contributed by atoms with Gasteiger partial charge in [-0.05, 0) is 63.6 Å². The van der Waals surface area contributed by atoms with Crippen molar-refractivity contribution >= 4 is 27.3 Å². The van der Waals surface area contributed by atoms with Gasteiger partial charge in [0.15, 0.2) is 5.69 Å². The number of carbonyl (C=O) groups excluding carboxylic acids is 1. The van der Waals surface area contributed by atoms with Gasteiger partial charge in [0.25, 0.3) is 5.91 Å². The summed E-state index contributed by atoms with van der Waals surface area (Å²) in [5, 5.41) is 27.2. The molecule has 0 bridgehead atoms. The smallest absolute Gasteiger partial charge is 0.394 e. The van der Waals surface area contributed by atoms with Crippen molar-refractivity contribution in [2.75, 3.05) is 12.8 Å². The maximum atomic E-state index is 13.5. The molecule has 3 rings (SSSR count). The summed E-state index contributed by atoms with van der Waals surface area (Å²) < 4.78 is 96.9. The first-order valence-corrected chi connectivity index (χ1v) is 16.1. The molecule has 3 N–H and O–H groups in total. The van der Waals surface area contributed by atoms with Crippen molar-refractivity contribution in [3.63, 3.8) is 0 Å². The van der Waals surface area contributed by atoms with Crippen LogP contribution in [-0.2, 0) is 22.8 Å². The summed E-state index contributed by atoms with van der Waals surface area (Å²) in [6.45, 7) is 0.912. The number of ether oxygens (including phenoxy) is 1. The fourth-order valence-electron chi connectivity index (χ4n) is 5.06. The lowest BCUT2D eigenvalue weighted by atomic mass is 9.84. The number of aromatic nitrogens is 2. The van der Waals surface area contributed by atoms with Gasteiger partial charge in [0, 0.05) is 18.4 Å². The van der Waals surface area contributed by atoms with E-state index in [1.807, 2.05) is 0 Å². The molecule has 0 aliphatic heterocycles. The van der Waals surface area contributed by atoms with Gasteiger partial charge in [0.1, 0.15) is 15.6 Å². The zero-order chi connectivity index (χ0) is 33.5. The van der Waals surface area contributed by atoms with Crippen molar-refractivity contribution < 1.29 is 50.1 Å². The van der Waals surface area contributed by atoms with Crippen molar-refractivity contribution in [2.24, 2.45) is 5.41 Å². The lowest BCUT2D eigenvalue weighted by Crippen LogP contribution is -2.47. The van der Waals surface area contributed by atoms with Crippen LogP contribution in [-0.4, -0.2) is 76.4 Å². The molecule has 0 radical (unpaired) electrons. The number of carbonyl (C=O) groups is 1. The quantitative estimate of drug-likeness (QED) is 0.281. The zero-order valence-electron chi connectivity index (χ0n) is 24.9. The number of hydrogen-bond acceptors (Lipinski definition) is 7. The Morgan fingerprint density at radius 3 is 2.30 bits per heavy atom. The fraction of sp³-hybridized carbons (Fsp3) is 0.643. The van der Waals surface area contributed by atoms with Gasteiger partial charge in [-0.3, -0.25) is 9.48 Å². The van der Waals surface area contributed by atoms with Crippen LogP contribution in [0.15, 0.2) is 18.2 Å². The zero-order valence-corrected chi connectivity index (χ0v) is 26.5. The Balaban J connectivity index is 1.98. The highest BCUT2D eigenvalue weighted by atomic mass is 35.5. The number of sulfone groups is 1. The average Bonchev–Trinajstić information content (AvgIpc) is 3.15. The van der Waals surface area contributed by atoms with E-state index >= 15 is 0 Å². The lowest BCUT2D eigenvalue weighted by molar-refractivity contribution is -0.211. The van der Waals surface area contributed by atoms with Crippen LogP contribution in [0.3, 0.4) is 0 Å². The van der Waals surface area contributed by atoms with E-state index in [2.05, 4.69) is 15.2 Å². The van der Waals surface area contributed by atoms with Crippen molar-refractivity contribution in [1.29, 1.82) is 0 Å². The molecule has 9 nitrogen and oxygen atoms in total. The minimum atomic E-state index is -4.58. The second-order valence-corrected chi connectivity index (χ2v) is 15.4. The van der Waals surface area contributed by atoms with Crippen LogP contribution in [0.4, 0.5) is 22.0 Å². The topological polar surface area (TPSA) is 131 Å². The number of amides is 1. The van der Waals surface area contributed by atoms with E-state index in [1.54, 1.807) is 0 Å². The van der Waals surface area contributed by atoms with Crippen LogP contribution >= 0.6 is 11.6 Å². The number of alkyl halides is 5. The molecule has 0 atom stereocenters. The van der Waals surface area contributed by atoms with E-state index in [0.29, 0.717) is 0 Å². The van der Waals surface area contributed by atoms with Crippen LogP contribution in [0.25, 0.3) is 11.3 Å². The number of aliphatic hydroxyl groups is 2. The number of nitrogens with zero attached hydrogens (tertiary/aromatic N) is 2. The predicted molar refractivity (Wildman–Crippen MR) is 154 cm³/mol. The Kier molecular flexibility index (Phi) is 10.4. The SMILES string of the molecule is CC(C)(O)Cn1nc(C(=O)NCC2(O)CCC(S(C)(=O)=O)CC2)c(Cl)c1-c1ccc(CC(C)(C)C(F)(F)F)cc1OC(F)F. The molecule has 44 heavy (non-hydrogen) atoms. The third kappa shape index (κ3) is 8.82. The Labute approximate surface area is 257 Å². The van der Waals surface area contributed by atoms with Crippen LogP contribution in [0.5, 0.6) is 5.75 Å². The Hall–Kier alpha value is -2.49. The van der Waals surface area contributed by atoms with E-state index in [-0.39, 0.29) is 66.3 Å². The molecule has 1 aliphatic rings. The third-order valence-corrected chi connectivity index (χ3v) is 9.66. The van der Waals surface area contributed by atoms with Crippen LogP contribution in [0, 0.1) is 5.41 Å². The fourth-order valence-corrected chi connectivity index (χ4v) is 6.48. The van der Waals surface area contributed by atoms with Gasteiger partial charge in [-0.2, -0.15) is 27.1 Å². The summed E-state index contributed by atoms with van der Waals surface area (Å²) in [5.74, 6) is -1.36. The standard InChI is InChI=1S/C28H37ClF5N3O6S/c1-25(2,28(32,33)34)13-16-6-7-18(19(12-16)43-24(30)31)22-20(29)21(36-37(22)15-26(3,4)39)23(38)35-14-27(40)10-8-17(9-11-27)44(5,41)42/h6-7,12,17,24,39-40H,8-11,13-15H2,1-5H3,(H,35,38). The van der Waals surface area contributed by atoms with E-state index in [4.69, 9.17) is 11.6 Å². The summed E-state index contributed by atoms with van der Waals surface area (Å²) >= 11 is 6.58. The van der Waals surface area contributed by atoms with Crippen LogP contribution < -0.4 is 10.1 Å². The number of rotatable bonds is 11. The molecule has 1 aromatic heterocycles. The monoisotopic (exact) mass is 673 g/mol. The molecule has 248 valence electrons. The van der Waals surface area contributed by atoms with Gasteiger partial charge in [0.2, 0.25) is 0 Å². The van der Waals surface area contributed by atoms with Gasteiger partial charge >= 0.3 is 12.8 Å². The molecule has 1 amide bonds. The first kappa shape index (κ1) is 36.0. The van der Waals surface area contributed by atoms with Crippen molar-refractivity contribution in [3.8, 4) is 17.0 Å². The van der Waals surface area contributed by atoms with Crippen molar-refractivity contribution in [2.45, 2.75) is 95.6 Å². The van der Waals surface area contributed by atoms with Gasteiger partial charge < -0.3 is 20.3 Å². The first-order chi connectivity index (χ1) is 19.9. The number of nitrogens with one attached hydrogen (secondary N) is 1. The molecule has 1 heterocycles. The molecule has 0 unspecified atom stereocenters. The third-order valence-electron chi connectivity index (χ3n) is 7.62. The average molecular weight is 674 g/mol. The maximum Gasteiger partial charge on any atom is 0.394 e. The Morgan fingerprint density at radius 2 is 1.80 bits per heavy atom. The second-order valence-electron chi connectivity index (χ2n) is 12.7. The van der Waals surface area contributed by atoms with Gasteiger partial charge in [0.05, 0.1) is 39.1 Å². The highest BCUT2D eigenvalue weighted by Crippen LogP contribution is 2.43. The molecule has 2 aromatic rings. The number of hydrogen-bond donors (Lipinski definition) is 3. The van der Waals surface area contributed by atoms with E-state index in [9.17, 15) is 45.4 Å². The highest BCUT2D eigenvalue weighted by molar-refractivity contribution is 7.91. The van der Waals surface area contributed by atoms with Gasteiger partial charge in [-0.1, -0.05) is 31.5 Å². The normalized spacial score (nSPS) is 20.2. The van der Waals surface area contributed by atoms with E-state index in [0.717, 1.165) is 30.9 Å². The number of halogens is 6. The predicted octanol–water partition coefficient (Wildman–Crippen LogP) is 5.15. The molecular weight excluding hydrogens is 637 g/mol. The maximum absolute atomic E-state index is 13.5. The lowest BCUT2D eigenvalue weighted by Gasteiger charge is -2.35. The van der Waals surface area contributed by atoms with Crippen molar-refractivity contribution in [1.82, 2.24) is 15.1 Å². The molecule has 1 saturated carbocycles.